The first kappa shape index (κ1) is 12.0. The molecule has 1 fully saturated rings. The molecule has 14 heavy (non-hydrogen) atoms. The van der Waals surface area contributed by atoms with Crippen LogP contribution in [0.5, 0.6) is 0 Å². The Morgan fingerprint density at radius 1 is 1.07 bits per heavy atom. The molecular formula is C11H23NO2. The van der Waals surface area contributed by atoms with Gasteiger partial charge < -0.3 is 15.5 Å². The van der Waals surface area contributed by atoms with Crippen molar-refractivity contribution in [3.63, 3.8) is 0 Å². The zero-order valence-corrected chi connectivity index (χ0v) is 9.24. The standard InChI is InChI=1S/C11H23NO2/c1-8(13)6-10-4-3-5-11(12-10)7-9(2)14/h8-14H,3-7H2,1-2H3/t8-,9+,10-,11+. The van der Waals surface area contributed by atoms with Crippen molar-refractivity contribution in [3.05, 3.63) is 0 Å². The van der Waals surface area contributed by atoms with Gasteiger partial charge in [0.1, 0.15) is 0 Å². The van der Waals surface area contributed by atoms with Crippen LogP contribution in [0.15, 0.2) is 0 Å². The number of rotatable bonds is 4. The Labute approximate surface area is 86.5 Å². The van der Waals surface area contributed by atoms with Gasteiger partial charge in [0.25, 0.3) is 0 Å². The summed E-state index contributed by atoms with van der Waals surface area (Å²) in [6.45, 7) is 3.67. The molecule has 0 radical (unpaired) electrons. The van der Waals surface area contributed by atoms with Gasteiger partial charge in [0, 0.05) is 12.1 Å². The van der Waals surface area contributed by atoms with Crippen LogP contribution in [0.1, 0.15) is 46.0 Å². The van der Waals surface area contributed by atoms with Gasteiger partial charge in [0.05, 0.1) is 12.2 Å². The van der Waals surface area contributed by atoms with Crippen LogP contribution in [-0.2, 0) is 0 Å². The van der Waals surface area contributed by atoms with Gasteiger partial charge in [0.15, 0.2) is 0 Å². The Morgan fingerprint density at radius 3 is 1.86 bits per heavy atom. The van der Waals surface area contributed by atoms with Crippen molar-refractivity contribution >= 4 is 0 Å². The summed E-state index contributed by atoms with van der Waals surface area (Å²) >= 11 is 0. The average Bonchev–Trinajstić information content (AvgIpc) is 2.01. The monoisotopic (exact) mass is 201 g/mol. The zero-order valence-electron chi connectivity index (χ0n) is 9.24. The molecule has 0 aliphatic carbocycles. The number of piperidine rings is 1. The fraction of sp³-hybridized carbons (Fsp3) is 1.00. The van der Waals surface area contributed by atoms with Gasteiger partial charge in [-0.25, -0.2) is 0 Å². The van der Waals surface area contributed by atoms with E-state index in [4.69, 9.17) is 0 Å². The lowest BCUT2D eigenvalue weighted by Crippen LogP contribution is -2.44. The lowest BCUT2D eigenvalue weighted by molar-refractivity contribution is 0.130. The maximum atomic E-state index is 9.28. The van der Waals surface area contributed by atoms with Gasteiger partial charge in [-0.2, -0.15) is 0 Å². The third kappa shape index (κ3) is 4.40. The molecule has 3 N–H and O–H groups in total. The van der Waals surface area contributed by atoms with Crippen LogP contribution >= 0.6 is 0 Å². The van der Waals surface area contributed by atoms with Crippen LogP contribution in [0, 0.1) is 0 Å². The fourth-order valence-electron chi connectivity index (χ4n) is 2.31. The van der Waals surface area contributed by atoms with Crippen LogP contribution in [-0.4, -0.2) is 34.5 Å². The first-order chi connectivity index (χ1) is 6.58. The molecular weight excluding hydrogens is 178 g/mol. The van der Waals surface area contributed by atoms with Gasteiger partial charge in [-0.15, -0.1) is 0 Å². The van der Waals surface area contributed by atoms with Crippen molar-refractivity contribution in [3.8, 4) is 0 Å². The first-order valence-corrected chi connectivity index (χ1v) is 5.70. The van der Waals surface area contributed by atoms with Crippen molar-refractivity contribution in [2.45, 2.75) is 70.2 Å². The number of hydrogen-bond acceptors (Lipinski definition) is 3. The molecule has 1 aliphatic rings. The molecule has 84 valence electrons. The minimum atomic E-state index is -0.224. The molecule has 0 spiro atoms. The highest BCUT2D eigenvalue weighted by molar-refractivity contribution is 4.82. The molecule has 0 aromatic heterocycles. The predicted octanol–water partition coefficient (Wildman–Crippen LogP) is 1.04. The van der Waals surface area contributed by atoms with Gasteiger partial charge in [-0.05, 0) is 39.5 Å². The number of aliphatic hydroxyl groups excluding tert-OH is 2. The van der Waals surface area contributed by atoms with Gasteiger partial charge >= 0.3 is 0 Å². The number of hydrogen-bond donors (Lipinski definition) is 3. The van der Waals surface area contributed by atoms with Gasteiger partial charge in [-0.1, -0.05) is 6.42 Å². The van der Waals surface area contributed by atoms with E-state index in [1.54, 1.807) is 0 Å². The quantitative estimate of drug-likeness (QED) is 0.637. The van der Waals surface area contributed by atoms with Gasteiger partial charge in [0.2, 0.25) is 0 Å². The Kier molecular flexibility index (Phi) is 4.85. The van der Waals surface area contributed by atoms with Crippen molar-refractivity contribution in [2.75, 3.05) is 0 Å². The second-order valence-corrected chi connectivity index (χ2v) is 4.66. The summed E-state index contributed by atoms with van der Waals surface area (Å²) < 4.78 is 0. The Hall–Kier alpha value is -0.120. The first-order valence-electron chi connectivity index (χ1n) is 5.70. The highest BCUT2D eigenvalue weighted by Crippen LogP contribution is 2.19. The molecule has 0 amide bonds. The molecule has 3 heteroatoms. The SMILES string of the molecule is C[C@H](O)C[C@@H]1CCC[C@H](C[C@@H](C)O)N1. The summed E-state index contributed by atoms with van der Waals surface area (Å²) in [5.74, 6) is 0. The van der Waals surface area contributed by atoms with E-state index in [1.807, 2.05) is 13.8 Å². The molecule has 4 atom stereocenters. The highest BCUT2D eigenvalue weighted by Gasteiger charge is 2.22. The van der Waals surface area contributed by atoms with Crippen molar-refractivity contribution in [2.24, 2.45) is 0 Å². The Balaban J connectivity index is 2.28. The summed E-state index contributed by atoms with van der Waals surface area (Å²) in [4.78, 5) is 0. The summed E-state index contributed by atoms with van der Waals surface area (Å²) in [6.07, 6.45) is 4.73. The largest absolute Gasteiger partial charge is 0.393 e. The predicted molar refractivity (Wildman–Crippen MR) is 57.2 cm³/mol. The molecule has 1 heterocycles. The van der Waals surface area contributed by atoms with E-state index in [0.29, 0.717) is 12.1 Å². The summed E-state index contributed by atoms with van der Waals surface area (Å²) in [7, 11) is 0. The van der Waals surface area contributed by atoms with Crippen molar-refractivity contribution < 1.29 is 10.2 Å². The lowest BCUT2D eigenvalue weighted by Gasteiger charge is -2.32. The lowest BCUT2D eigenvalue weighted by atomic mass is 9.92. The summed E-state index contributed by atoms with van der Waals surface area (Å²) in [5.41, 5.74) is 0. The van der Waals surface area contributed by atoms with Crippen molar-refractivity contribution in [1.29, 1.82) is 0 Å². The smallest absolute Gasteiger partial charge is 0.0526 e. The topological polar surface area (TPSA) is 52.5 Å². The molecule has 0 saturated carbocycles. The van der Waals surface area contributed by atoms with E-state index >= 15 is 0 Å². The second-order valence-electron chi connectivity index (χ2n) is 4.66. The minimum Gasteiger partial charge on any atom is -0.393 e. The van der Waals surface area contributed by atoms with E-state index in [-0.39, 0.29) is 12.2 Å². The van der Waals surface area contributed by atoms with Crippen LogP contribution in [0.4, 0.5) is 0 Å². The molecule has 1 rings (SSSR count). The van der Waals surface area contributed by atoms with E-state index in [0.717, 1.165) is 25.7 Å². The molecule has 0 aromatic carbocycles. The molecule has 0 unspecified atom stereocenters. The molecule has 3 nitrogen and oxygen atoms in total. The molecule has 1 saturated heterocycles. The Morgan fingerprint density at radius 2 is 1.50 bits per heavy atom. The Bertz CT molecular complexity index is 143. The van der Waals surface area contributed by atoms with Gasteiger partial charge in [-0.3, -0.25) is 0 Å². The number of nitrogens with one attached hydrogen (secondary N) is 1. The third-order valence-electron chi connectivity index (χ3n) is 2.83. The minimum absolute atomic E-state index is 0.224. The van der Waals surface area contributed by atoms with Crippen LogP contribution < -0.4 is 5.32 Å². The zero-order chi connectivity index (χ0) is 10.6. The average molecular weight is 201 g/mol. The summed E-state index contributed by atoms with van der Waals surface area (Å²) in [6, 6.07) is 0.875. The molecule has 0 aromatic rings. The molecule has 0 bridgehead atoms. The van der Waals surface area contributed by atoms with Crippen LogP contribution in [0.2, 0.25) is 0 Å². The third-order valence-corrected chi connectivity index (χ3v) is 2.83. The highest BCUT2D eigenvalue weighted by atomic mass is 16.3. The van der Waals surface area contributed by atoms with E-state index < -0.39 is 0 Å². The second kappa shape index (κ2) is 5.69. The number of aliphatic hydroxyl groups is 2. The van der Waals surface area contributed by atoms with E-state index in [2.05, 4.69) is 5.32 Å². The van der Waals surface area contributed by atoms with Crippen LogP contribution in [0.3, 0.4) is 0 Å². The van der Waals surface area contributed by atoms with Crippen LogP contribution in [0.25, 0.3) is 0 Å². The normalized spacial score (nSPS) is 32.6. The maximum absolute atomic E-state index is 9.28. The summed E-state index contributed by atoms with van der Waals surface area (Å²) in [5, 5.41) is 22.1. The maximum Gasteiger partial charge on any atom is 0.0526 e. The fourth-order valence-corrected chi connectivity index (χ4v) is 2.31. The van der Waals surface area contributed by atoms with E-state index in [1.165, 1.54) is 6.42 Å². The van der Waals surface area contributed by atoms with E-state index in [9.17, 15) is 10.2 Å². The molecule has 1 aliphatic heterocycles. The van der Waals surface area contributed by atoms with Crippen molar-refractivity contribution in [1.82, 2.24) is 5.32 Å².